The molecule has 0 aliphatic heterocycles. The zero-order valence-electron chi connectivity index (χ0n) is 10.1. The van der Waals surface area contributed by atoms with Crippen LogP contribution in [0.3, 0.4) is 0 Å². The van der Waals surface area contributed by atoms with Crippen LogP contribution in [-0.4, -0.2) is 0 Å². The fraction of sp³-hybridized carbons (Fsp3) is 0.357. The molecule has 0 spiro atoms. The van der Waals surface area contributed by atoms with E-state index in [-0.39, 0.29) is 0 Å². The molecule has 0 fully saturated rings. The maximum absolute atomic E-state index is 12.7. The normalized spacial score (nSPS) is 11.9. The van der Waals surface area contributed by atoms with Gasteiger partial charge in [-0.2, -0.15) is 13.2 Å². The van der Waals surface area contributed by atoms with Gasteiger partial charge in [-0.25, -0.2) is 0 Å². The summed E-state index contributed by atoms with van der Waals surface area (Å²) in [7, 11) is 0. The van der Waals surface area contributed by atoms with Crippen molar-refractivity contribution in [1.29, 1.82) is 0 Å². The van der Waals surface area contributed by atoms with E-state index in [9.17, 15) is 13.2 Å². The van der Waals surface area contributed by atoms with Crippen molar-refractivity contribution in [2.24, 2.45) is 0 Å². The van der Waals surface area contributed by atoms with Gasteiger partial charge in [0.2, 0.25) is 0 Å². The van der Waals surface area contributed by atoms with E-state index in [1.54, 1.807) is 19.1 Å². The van der Waals surface area contributed by atoms with Gasteiger partial charge in [0.05, 0.1) is 5.56 Å². The third-order valence-corrected chi connectivity index (χ3v) is 2.62. The number of aryl methyl sites for hydroxylation is 1. The highest BCUT2D eigenvalue weighted by molar-refractivity contribution is 5.42. The Kier molecular flexibility index (Phi) is 4.38. The van der Waals surface area contributed by atoms with Gasteiger partial charge in [-0.3, -0.25) is 0 Å². The minimum absolute atomic E-state index is 0.584. The van der Waals surface area contributed by atoms with Gasteiger partial charge in [0, 0.05) is 5.92 Å². The lowest BCUT2D eigenvalue weighted by molar-refractivity contribution is -0.137. The third-order valence-electron chi connectivity index (χ3n) is 2.62. The van der Waals surface area contributed by atoms with Crippen LogP contribution in [0.4, 0.5) is 13.2 Å². The predicted molar refractivity (Wildman–Crippen MR) is 63.7 cm³/mol. The van der Waals surface area contributed by atoms with E-state index in [1.165, 1.54) is 12.1 Å². The number of hydrogen-bond acceptors (Lipinski definition) is 0. The quantitative estimate of drug-likeness (QED) is 0.711. The Morgan fingerprint density at radius 3 is 2.41 bits per heavy atom. The second-order valence-electron chi connectivity index (χ2n) is 4.05. The molecule has 0 unspecified atom stereocenters. The van der Waals surface area contributed by atoms with Gasteiger partial charge >= 0.3 is 6.18 Å². The van der Waals surface area contributed by atoms with Gasteiger partial charge in [-0.15, -0.1) is 6.58 Å². The summed E-state index contributed by atoms with van der Waals surface area (Å²) in [4.78, 5) is 0. The summed E-state index contributed by atoms with van der Waals surface area (Å²) < 4.78 is 38.2. The Morgan fingerprint density at radius 2 is 1.94 bits per heavy atom. The summed E-state index contributed by atoms with van der Waals surface area (Å²) >= 11 is 0. The molecule has 0 heterocycles. The SMILES string of the molecule is C=C[C](C)c1cc(CCC)cc(C(F)(F)F)c1. The van der Waals surface area contributed by atoms with Gasteiger partial charge in [0.1, 0.15) is 0 Å². The molecule has 0 atom stereocenters. The lowest BCUT2D eigenvalue weighted by Crippen LogP contribution is -2.07. The highest BCUT2D eigenvalue weighted by Gasteiger charge is 2.31. The zero-order valence-corrected chi connectivity index (χ0v) is 10.1. The Bertz CT molecular complexity index is 391. The molecule has 0 saturated carbocycles. The molecule has 17 heavy (non-hydrogen) atoms. The smallest absolute Gasteiger partial charge is 0.166 e. The summed E-state index contributed by atoms with van der Waals surface area (Å²) in [5, 5.41) is 0. The number of benzene rings is 1. The average Bonchev–Trinajstić information content (AvgIpc) is 2.27. The van der Waals surface area contributed by atoms with Crippen LogP contribution in [0, 0.1) is 5.92 Å². The van der Waals surface area contributed by atoms with E-state index < -0.39 is 11.7 Å². The first-order valence-electron chi connectivity index (χ1n) is 5.56. The number of alkyl halides is 3. The van der Waals surface area contributed by atoms with Crippen LogP contribution < -0.4 is 0 Å². The van der Waals surface area contributed by atoms with Crippen LogP contribution in [0.25, 0.3) is 0 Å². The van der Waals surface area contributed by atoms with Crippen LogP contribution in [0.1, 0.15) is 37.0 Å². The molecule has 0 bridgehead atoms. The van der Waals surface area contributed by atoms with Crippen LogP contribution >= 0.6 is 0 Å². The maximum Gasteiger partial charge on any atom is 0.416 e. The van der Waals surface area contributed by atoms with Gasteiger partial charge < -0.3 is 0 Å². The molecule has 0 saturated heterocycles. The van der Waals surface area contributed by atoms with Crippen molar-refractivity contribution in [2.45, 2.75) is 32.9 Å². The minimum Gasteiger partial charge on any atom is -0.166 e. The Labute approximate surface area is 100 Å². The van der Waals surface area contributed by atoms with Crippen LogP contribution in [0.15, 0.2) is 30.9 Å². The van der Waals surface area contributed by atoms with Gasteiger partial charge in [-0.05, 0) is 29.7 Å². The average molecular weight is 241 g/mol. The summed E-state index contributed by atoms with van der Waals surface area (Å²) in [6, 6.07) is 4.20. The highest BCUT2D eigenvalue weighted by atomic mass is 19.4. The van der Waals surface area contributed by atoms with E-state index >= 15 is 0 Å². The summed E-state index contributed by atoms with van der Waals surface area (Å²) in [5.74, 6) is 0.758. The molecule has 0 aliphatic rings. The molecule has 3 heteroatoms. The Balaban J connectivity index is 3.23. The van der Waals surface area contributed by atoms with E-state index in [2.05, 4.69) is 6.58 Å². The molecule has 93 valence electrons. The van der Waals surface area contributed by atoms with Gasteiger partial charge in [0.25, 0.3) is 0 Å². The molecular weight excluding hydrogens is 225 g/mol. The molecule has 0 aliphatic carbocycles. The fourth-order valence-corrected chi connectivity index (χ4v) is 1.63. The lowest BCUT2D eigenvalue weighted by Gasteiger charge is -2.14. The summed E-state index contributed by atoms with van der Waals surface area (Å²) in [5.41, 5.74) is 0.733. The first kappa shape index (κ1) is 13.8. The number of halogens is 3. The first-order valence-corrected chi connectivity index (χ1v) is 5.56. The first-order chi connectivity index (χ1) is 7.88. The molecule has 0 aromatic heterocycles. The number of allylic oxidation sites excluding steroid dienone is 1. The van der Waals surface area contributed by atoms with Crippen molar-refractivity contribution >= 4 is 0 Å². The van der Waals surface area contributed by atoms with E-state index in [4.69, 9.17) is 0 Å². The minimum atomic E-state index is -4.29. The third kappa shape index (κ3) is 3.62. The van der Waals surface area contributed by atoms with E-state index in [1.807, 2.05) is 6.92 Å². The molecule has 1 aromatic carbocycles. The molecule has 1 rings (SSSR count). The topological polar surface area (TPSA) is 0 Å². The predicted octanol–water partition coefficient (Wildman–Crippen LogP) is 4.79. The highest BCUT2D eigenvalue weighted by Crippen LogP contribution is 2.32. The molecule has 0 nitrogen and oxygen atoms in total. The molecule has 1 radical (unpaired) electrons. The fourth-order valence-electron chi connectivity index (χ4n) is 1.63. The molecule has 0 N–H and O–H groups in total. The molecule has 1 aromatic rings. The second-order valence-corrected chi connectivity index (χ2v) is 4.05. The zero-order chi connectivity index (χ0) is 13.1. The maximum atomic E-state index is 12.7. The van der Waals surface area contributed by atoms with E-state index in [0.717, 1.165) is 17.9 Å². The van der Waals surface area contributed by atoms with Crippen molar-refractivity contribution in [2.75, 3.05) is 0 Å². The van der Waals surface area contributed by atoms with Gasteiger partial charge in [0.15, 0.2) is 0 Å². The van der Waals surface area contributed by atoms with Crippen molar-refractivity contribution in [1.82, 2.24) is 0 Å². The molecular formula is C14H16F3. The van der Waals surface area contributed by atoms with Crippen molar-refractivity contribution in [3.05, 3.63) is 53.5 Å². The Hall–Kier alpha value is -1.25. The van der Waals surface area contributed by atoms with E-state index in [0.29, 0.717) is 12.0 Å². The van der Waals surface area contributed by atoms with Crippen LogP contribution in [0.2, 0.25) is 0 Å². The van der Waals surface area contributed by atoms with Crippen LogP contribution in [-0.2, 0) is 12.6 Å². The Morgan fingerprint density at radius 1 is 1.29 bits per heavy atom. The number of rotatable bonds is 4. The summed E-state index contributed by atoms with van der Waals surface area (Å²) in [6.07, 6.45) is -1.24. The largest absolute Gasteiger partial charge is 0.416 e. The summed E-state index contributed by atoms with van der Waals surface area (Å²) in [6.45, 7) is 7.30. The van der Waals surface area contributed by atoms with Gasteiger partial charge in [-0.1, -0.05) is 32.4 Å². The second kappa shape index (κ2) is 5.39. The van der Waals surface area contributed by atoms with Crippen molar-refractivity contribution in [3.63, 3.8) is 0 Å². The van der Waals surface area contributed by atoms with Crippen molar-refractivity contribution < 1.29 is 13.2 Å². The van der Waals surface area contributed by atoms with Crippen molar-refractivity contribution in [3.8, 4) is 0 Å². The standard InChI is InChI=1S/C14H16F3/c1-4-6-11-7-12(10(3)5-2)9-13(8-11)14(15,16)17/h5,7-9H,2,4,6H2,1,3H3. The van der Waals surface area contributed by atoms with Crippen LogP contribution in [0.5, 0.6) is 0 Å². The monoisotopic (exact) mass is 241 g/mol. The molecule has 0 amide bonds. The number of hydrogen-bond donors (Lipinski definition) is 0. The lowest BCUT2D eigenvalue weighted by atomic mass is 9.95.